The van der Waals surface area contributed by atoms with Gasteiger partial charge in [-0.15, -0.1) is 0 Å². The Morgan fingerprint density at radius 2 is 1.95 bits per heavy atom. The van der Waals surface area contributed by atoms with Gasteiger partial charge in [-0.05, 0) is 44.4 Å². The summed E-state index contributed by atoms with van der Waals surface area (Å²) in [6, 6.07) is 7.44. The highest BCUT2D eigenvalue weighted by Gasteiger charge is 2.17. The number of benzene rings is 1. The molecule has 1 saturated heterocycles. The summed E-state index contributed by atoms with van der Waals surface area (Å²) in [5.41, 5.74) is 1.55. The first-order chi connectivity index (χ1) is 10.1. The highest BCUT2D eigenvalue weighted by atomic mass is 16.2. The maximum absolute atomic E-state index is 11.9. The van der Waals surface area contributed by atoms with E-state index in [4.69, 9.17) is 0 Å². The van der Waals surface area contributed by atoms with Crippen LogP contribution in [0.4, 0.5) is 4.79 Å². The summed E-state index contributed by atoms with van der Waals surface area (Å²) in [7, 11) is 0. The Bertz CT molecular complexity index is 508. The second-order valence-electron chi connectivity index (χ2n) is 5.68. The van der Waals surface area contributed by atoms with Crippen LogP contribution >= 0.6 is 0 Å². The summed E-state index contributed by atoms with van der Waals surface area (Å²) in [5, 5.41) is 5.76. The van der Waals surface area contributed by atoms with Crippen LogP contribution in [0.3, 0.4) is 0 Å². The Balaban J connectivity index is 1.91. The molecule has 2 N–H and O–H groups in total. The quantitative estimate of drug-likeness (QED) is 0.892. The summed E-state index contributed by atoms with van der Waals surface area (Å²) in [4.78, 5) is 25.7. The Hall–Kier alpha value is -2.04. The van der Waals surface area contributed by atoms with Crippen molar-refractivity contribution >= 4 is 11.9 Å². The third-order valence-electron chi connectivity index (χ3n) is 3.45. The number of urea groups is 1. The summed E-state index contributed by atoms with van der Waals surface area (Å²) >= 11 is 0. The van der Waals surface area contributed by atoms with Crippen LogP contribution in [-0.2, 0) is 6.54 Å². The number of hydrogen-bond donors (Lipinski definition) is 2. The fraction of sp³-hybridized carbons (Fsp3) is 0.500. The highest BCUT2D eigenvalue weighted by Crippen LogP contribution is 2.09. The van der Waals surface area contributed by atoms with Gasteiger partial charge in [0.2, 0.25) is 0 Å². The van der Waals surface area contributed by atoms with Crippen molar-refractivity contribution in [3.63, 3.8) is 0 Å². The second-order valence-corrected chi connectivity index (χ2v) is 5.68. The average molecular weight is 289 g/mol. The standard InChI is InChI=1S/C16H23N3O2/c1-12(2)18-15(20)14-7-5-6-13(10-14)11-17-16(21)19-8-3-4-9-19/h5-7,10,12H,3-4,8-9,11H2,1-2H3,(H,17,21)(H,18,20). The van der Waals surface area contributed by atoms with Crippen LogP contribution in [0.15, 0.2) is 24.3 Å². The molecular formula is C16H23N3O2. The zero-order chi connectivity index (χ0) is 15.2. The molecule has 1 fully saturated rings. The topological polar surface area (TPSA) is 61.4 Å². The Morgan fingerprint density at radius 3 is 2.62 bits per heavy atom. The monoisotopic (exact) mass is 289 g/mol. The number of rotatable bonds is 4. The van der Waals surface area contributed by atoms with Crippen LogP contribution < -0.4 is 10.6 Å². The molecule has 114 valence electrons. The third-order valence-corrected chi connectivity index (χ3v) is 3.45. The molecule has 3 amide bonds. The van der Waals surface area contributed by atoms with Crippen molar-refractivity contribution in [3.05, 3.63) is 35.4 Å². The predicted molar refractivity (Wildman–Crippen MR) is 82.1 cm³/mol. The van der Waals surface area contributed by atoms with Crippen molar-refractivity contribution in [1.29, 1.82) is 0 Å². The fourth-order valence-electron chi connectivity index (χ4n) is 2.38. The van der Waals surface area contributed by atoms with E-state index in [-0.39, 0.29) is 18.0 Å². The zero-order valence-corrected chi connectivity index (χ0v) is 12.7. The maximum atomic E-state index is 11.9. The number of hydrogen-bond acceptors (Lipinski definition) is 2. The van der Waals surface area contributed by atoms with Gasteiger partial charge in [0.25, 0.3) is 5.91 Å². The number of carbonyl (C=O) groups excluding carboxylic acids is 2. The van der Waals surface area contributed by atoms with Gasteiger partial charge in [0, 0.05) is 31.2 Å². The van der Waals surface area contributed by atoms with E-state index in [1.807, 2.05) is 36.9 Å². The van der Waals surface area contributed by atoms with Crippen LogP contribution in [0.5, 0.6) is 0 Å². The maximum Gasteiger partial charge on any atom is 0.317 e. The molecule has 2 rings (SSSR count). The molecule has 1 aliphatic heterocycles. The van der Waals surface area contributed by atoms with Gasteiger partial charge in [-0.3, -0.25) is 4.79 Å². The molecule has 5 nitrogen and oxygen atoms in total. The highest BCUT2D eigenvalue weighted by molar-refractivity contribution is 5.94. The largest absolute Gasteiger partial charge is 0.350 e. The Morgan fingerprint density at radius 1 is 1.24 bits per heavy atom. The van der Waals surface area contributed by atoms with E-state index in [0.717, 1.165) is 31.5 Å². The first kappa shape index (κ1) is 15.4. The van der Waals surface area contributed by atoms with Crippen LogP contribution in [-0.4, -0.2) is 36.0 Å². The van der Waals surface area contributed by atoms with Crippen molar-refractivity contribution in [2.24, 2.45) is 0 Å². The fourth-order valence-corrected chi connectivity index (χ4v) is 2.38. The summed E-state index contributed by atoms with van der Waals surface area (Å²) in [6.07, 6.45) is 2.16. The SMILES string of the molecule is CC(C)NC(=O)c1cccc(CNC(=O)N2CCCC2)c1. The van der Waals surface area contributed by atoms with Crippen molar-refractivity contribution in [3.8, 4) is 0 Å². The lowest BCUT2D eigenvalue weighted by Gasteiger charge is -2.16. The van der Waals surface area contributed by atoms with Crippen molar-refractivity contribution in [2.45, 2.75) is 39.3 Å². The number of amides is 3. The number of carbonyl (C=O) groups is 2. The second kappa shape index (κ2) is 7.11. The van der Waals surface area contributed by atoms with Crippen molar-refractivity contribution in [1.82, 2.24) is 15.5 Å². The molecule has 21 heavy (non-hydrogen) atoms. The molecular weight excluding hydrogens is 266 g/mol. The molecule has 0 bridgehead atoms. The number of nitrogens with one attached hydrogen (secondary N) is 2. The van der Waals surface area contributed by atoms with E-state index in [1.165, 1.54) is 0 Å². The molecule has 0 spiro atoms. The van der Waals surface area contributed by atoms with Crippen LogP contribution in [0.1, 0.15) is 42.6 Å². The normalized spacial score (nSPS) is 14.3. The van der Waals surface area contributed by atoms with Crippen LogP contribution in [0.2, 0.25) is 0 Å². The van der Waals surface area contributed by atoms with Crippen LogP contribution in [0.25, 0.3) is 0 Å². The minimum absolute atomic E-state index is 0.0236. The molecule has 0 radical (unpaired) electrons. The zero-order valence-electron chi connectivity index (χ0n) is 12.7. The Labute approximate surface area is 125 Å². The van der Waals surface area contributed by atoms with E-state index < -0.39 is 0 Å². The molecule has 1 aromatic carbocycles. The molecule has 0 aliphatic carbocycles. The van der Waals surface area contributed by atoms with E-state index in [1.54, 1.807) is 6.07 Å². The van der Waals surface area contributed by atoms with Gasteiger partial charge in [-0.2, -0.15) is 0 Å². The van der Waals surface area contributed by atoms with E-state index >= 15 is 0 Å². The van der Waals surface area contributed by atoms with Gasteiger partial charge in [0.15, 0.2) is 0 Å². The molecule has 0 saturated carbocycles. The van der Waals surface area contributed by atoms with Crippen LogP contribution in [0, 0.1) is 0 Å². The van der Waals surface area contributed by atoms with Crippen molar-refractivity contribution < 1.29 is 9.59 Å². The molecule has 1 aromatic rings. The number of likely N-dealkylation sites (tertiary alicyclic amines) is 1. The van der Waals surface area contributed by atoms with E-state index in [0.29, 0.717) is 12.1 Å². The Kier molecular flexibility index (Phi) is 5.20. The lowest BCUT2D eigenvalue weighted by atomic mass is 10.1. The molecule has 0 unspecified atom stereocenters. The van der Waals surface area contributed by atoms with Gasteiger partial charge in [0.1, 0.15) is 0 Å². The summed E-state index contributed by atoms with van der Waals surface area (Å²) in [6.45, 7) is 5.97. The molecule has 0 aromatic heterocycles. The van der Waals surface area contributed by atoms with Gasteiger partial charge in [-0.25, -0.2) is 4.79 Å². The number of nitrogens with zero attached hydrogens (tertiary/aromatic N) is 1. The lowest BCUT2D eigenvalue weighted by Crippen LogP contribution is -2.37. The van der Waals surface area contributed by atoms with Gasteiger partial charge >= 0.3 is 6.03 Å². The minimum atomic E-state index is -0.0854. The molecule has 1 aliphatic rings. The molecule has 5 heteroatoms. The van der Waals surface area contributed by atoms with Gasteiger partial charge < -0.3 is 15.5 Å². The predicted octanol–water partition coefficient (Wildman–Crippen LogP) is 2.13. The average Bonchev–Trinajstić information content (AvgIpc) is 2.98. The summed E-state index contributed by atoms with van der Waals surface area (Å²) < 4.78 is 0. The minimum Gasteiger partial charge on any atom is -0.350 e. The van der Waals surface area contributed by atoms with E-state index in [2.05, 4.69) is 10.6 Å². The van der Waals surface area contributed by atoms with Crippen molar-refractivity contribution in [2.75, 3.05) is 13.1 Å². The molecule has 1 heterocycles. The smallest absolute Gasteiger partial charge is 0.317 e. The van der Waals surface area contributed by atoms with E-state index in [9.17, 15) is 9.59 Å². The first-order valence-corrected chi connectivity index (χ1v) is 7.49. The van der Waals surface area contributed by atoms with Gasteiger partial charge in [-0.1, -0.05) is 12.1 Å². The van der Waals surface area contributed by atoms with Gasteiger partial charge in [0.05, 0.1) is 0 Å². The lowest BCUT2D eigenvalue weighted by molar-refractivity contribution is 0.0943. The molecule has 0 atom stereocenters. The third kappa shape index (κ3) is 4.48. The first-order valence-electron chi connectivity index (χ1n) is 7.49. The summed E-state index contributed by atoms with van der Waals surface area (Å²) in [5.74, 6) is -0.0854.